The van der Waals surface area contributed by atoms with Crippen LogP contribution >= 0.6 is 23.1 Å². The van der Waals surface area contributed by atoms with Crippen LogP contribution in [0.25, 0.3) is 10.2 Å². The van der Waals surface area contributed by atoms with E-state index in [1.54, 1.807) is 6.07 Å². The molecule has 1 aromatic carbocycles. The molecule has 0 saturated carbocycles. The van der Waals surface area contributed by atoms with E-state index < -0.39 is 4.92 Å². The number of thioether (sulfide) groups is 1. The molecule has 0 bridgehead atoms. The van der Waals surface area contributed by atoms with Crippen molar-refractivity contribution in [1.82, 2.24) is 9.88 Å². The Labute approximate surface area is 133 Å². The van der Waals surface area contributed by atoms with E-state index in [9.17, 15) is 19.7 Å². The summed E-state index contributed by atoms with van der Waals surface area (Å²) in [6.07, 6.45) is 1.15. The second-order valence-corrected chi connectivity index (χ2v) is 6.97. The number of hydrogen-bond acceptors (Lipinski definition) is 7. The van der Waals surface area contributed by atoms with Crippen LogP contribution in [0.3, 0.4) is 0 Å². The second kappa shape index (κ2) is 6.01. The molecule has 0 aliphatic carbocycles. The maximum atomic E-state index is 12.0. The highest BCUT2D eigenvalue weighted by Gasteiger charge is 2.26. The van der Waals surface area contributed by atoms with Crippen molar-refractivity contribution in [3.63, 3.8) is 0 Å². The highest BCUT2D eigenvalue weighted by Crippen LogP contribution is 2.32. The van der Waals surface area contributed by atoms with E-state index in [-0.39, 0.29) is 23.3 Å². The minimum Gasteiger partial charge on any atom is -0.282 e. The van der Waals surface area contributed by atoms with E-state index in [0.717, 1.165) is 6.42 Å². The van der Waals surface area contributed by atoms with Crippen LogP contribution in [0.15, 0.2) is 22.5 Å². The van der Waals surface area contributed by atoms with Crippen molar-refractivity contribution in [2.24, 2.45) is 0 Å². The maximum Gasteiger partial charge on any atom is 0.270 e. The van der Waals surface area contributed by atoms with E-state index in [2.05, 4.69) is 4.98 Å². The van der Waals surface area contributed by atoms with Gasteiger partial charge in [0.2, 0.25) is 11.8 Å². The van der Waals surface area contributed by atoms with Gasteiger partial charge in [-0.3, -0.25) is 24.6 Å². The van der Waals surface area contributed by atoms with Gasteiger partial charge in [0.15, 0.2) is 4.34 Å². The molecule has 0 atom stereocenters. The molecule has 1 saturated heterocycles. The molecule has 22 heavy (non-hydrogen) atoms. The molecule has 7 nitrogen and oxygen atoms in total. The minimum atomic E-state index is -0.450. The van der Waals surface area contributed by atoms with Gasteiger partial charge in [-0.05, 0) is 12.5 Å². The number of nitro groups is 1. The number of benzene rings is 1. The molecular weight excluding hydrogens is 326 g/mol. The topological polar surface area (TPSA) is 93.4 Å². The number of imide groups is 1. The van der Waals surface area contributed by atoms with Crippen molar-refractivity contribution in [1.29, 1.82) is 0 Å². The highest BCUT2D eigenvalue weighted by molar-refractivity contribution is 8.01. The number of hydrogen-bond donors (Lipinski definition) is 0. The summed E-state index contributed by atoms with van der Waals surface area (Å²) >= 11 is 2.56. The van der Waals surface area contributed by atoms with Gasteiger partial charge in [0.1, 0.15) is 0 Å². The van der Waals surface area contributed by atoms with Crippen molar-refractivity contribution in [3.05, 3.63) is 28.3 Å². The van der Waals surface area contributed by atoms with E-state index in [1.807, 2.05) is 0 Å². The van der Waals surface area contributed by atoms with Gasteiger partial charge in [0, 0.05) is 25.1 Å². The van der Waals surface area contributed by atoms with E-state index in [0.29, 0.717) is 27.5 Å². The first-order valence-electron chi connectivity index (χ1n) is 6.55. The maximum absolute atomic E-state index is 12.0. The SMILES string of the molecule is O=C1CCCN1C(=O)CSc1nc2ccc([N+](=O)[O-])cc2s1. The van der Waals surface area contributed by atoms with Crippen molar-refractivity contribution in [2.45, 2.75) is 17.2 Å². The Bertz CT molecular complexity index is 774. The van der Waals surface area contributed by atoms with Crippen molar-refractivity contribution in [3.8, 4) is 0 Å². The number of fused-ring (bicyclic) bond motifs is 1. The molecule has 0 spiro atoms. The third-order valence-corrected chi connectivity index (χ3v) is 5.40. The molecule has 0 radical (unpaired) electrons. The second-order valence-electron chi connectivity index (χ2n) is 4.72. The molecule has 3 rings (SSSR count). The standard InChI is InChI=1S/C13H11N3O4S2/c17-11-2-1-5-15(11)12(18)7-21-13-14-9-4-3-8(16(19)20)6-10(9)22-13/h3-4,6H,1-2,5,7H2. The van der Waals surface area contributed by atoms with Crippen molar-refractivity contribution >= 4 is 50.8 Å². The molecule has 0 unspecified atom stereocenters. The molecule has 2 amide bonds. The Kier molecular flexibility index (Phi) is 4.08. The first kappa shape index (κ1) is 14.9. The molecule has 0 N–H and O–H groups in total. The largest absolute Gasteiger partial charge is 0.282 e. The number of amides is 2. The number of nitrogens with zero attached hydrogens (tertiary/aromatic N) is 3. The average Bonchev–Trinajstić information content (AvgIpc) is 3.09. The molecule has 1 aliphatic rings. The van der Waals surface area contributed by atoms with Crippen LogP contribution in [-0.2, 0) is 9.59 Å². The van der Waals surface area contributed by atoms with Gasteiger partial charge < -0.3 is 0 Å². The Morgan fingerprint density at radius 1 is 1.50 bits per heavy atom. The van der Waals surface area contributed by atoms with E-state index in [4.69, 9.17) is 0 Å². The fraction of sp³-hybridized carbons (Fsp3) is 0.308. The third-order valence-electron chi connectivity index (χ3n) is 3.26. The fourth-order valence-corrected chi connectivity index (χ4v) is 4.16. The summed E-state index contributed by atoms with van der Waals surface area (Å²) in [6, 6.07) is 4.48. The van der Waals surface area contributed by atoms with Crippen LogP contribution in [0.4, 0.5) is 5.69 Å². The summed E-state index contributed by atoms with van der Waals surface area (Å²) in [5.74, 6) is -0.184. The zero-order valence-corrected chi connectivity index (χ0v) is 13.0. The van der Waals surface area contributed by atoms with Crippen molar-refractivity contribution < 1.29 is 14.5 Å². The lowest BCUT2D eigenvalue weighted by molar-refractivity contribution is -0.384. The minimum absolute atomic E-state index is 0.0199. The summed E-state index contributed by atoms with van der Waals surface area (Å²) in [4.78, 5) is 39.4. The monoisotopic (exact) mass is 337 g/mol. The quantitative estimate of drug-likeness (QED) is 0.483. The van der Waals surface area contributed by atoms with Crippen LogP contribution in [0.5, 0.6) is 0 Å². The highest BCUT2D eigenvalue weighted by atomic mass is 32.2. The average molecular weight is 337 g/mol. The fourth-order valence-electron chi connectivity index (χ4n) is 2.18. The molecule has 2 heterocycles. The number of aromatic nitrogens is 1. The Morgan fingerprint density at radius 2 is 2.32 bits per heavy atom. The number of thiazole rings is 1. The summed E-state index contributed by atoms with van der Waals surface area (Å²) in [6.45, 7) is 0.490. The van der Waals surface area contributed by atoms with Crippen LogP contribution in [0.2, 0.25) is 0 Å². The lowest BCUT2D eigenvalue weighted by Gasteiger charge is -2.11. The summed E-state index contributed by atoms with van der Waals surface area (Å²) in [5.41, 5.74) is 0.689. The van der Waals surface area contributed by atoms with Gasteiger partial charge in [0.05, 0.1) is 20.9 Å². The summed E-state index contributed by atoms with van der Waals surface area (Å²) in [5, 5.41) is 10.7. The van der Waals surface area contributed by atoms with Gasteiger partial charge in [0.25, 0.3) is 5.69 Å². The number of carbonyl (C=O) groups excluding carboxylic acids is 2. The first-order valence-corrected chi connectivity index (χ1v) is 8.36. The first-order chi connectivity index (χ1) is 10.5. The van der Waals surface area contributed by atoms with Gasteiger partial charge in [-0.15, -0.1) is 11.3 Å². The zero-order valence-electron chi connectivity index (χ0n) is 11.4. The molecular formula is C13H11N3O4S2. The Morgan fingerprint density at radius 3 is 3.00 bits per heavy atom. The molecule has 9 heteroatoms. The molecule has 114 valence electrons. The lowest BCUT2D eigenvalue weighted by Crippen LogP contribution is -2.33. The molecule has 1 fully saturated rings. The number of nitro benzene ring substituents is 1. The number of likely N-dealkylation sites (tertiary alicyclic amines) is 1. The van der Waals surface area contributed by atoms with Crippen LogP contribution in [0.1, 0.15) is 12.8 Å². The van der Waals surface area contributed by atoms with Gasteiger partial charge in [-0.25, -0.2) is 4.98 Å². The lowest BCUT2D eigenvalue weighted by atomic mass is 10.3. The number of non-ortho nitro benzene ring substituents is 1. The Hall–Kier alpha value is -2.00. The van der Waals surface area contributed by atoms with Gasteiger partial charge >= 0.3 is 0 Å². The number of carbonyl (C=O) groups is 2. The van der Waals surface area contributed by atoms with Crippen LogP contribution < -0.4 is 0 Å². The van der Waals surface area contributed by atoms with Crippen molar-refractivity contribution in [2.75, 3.05) is 12.3 Å². The normalized spacial score (nSPS) is 14.7. The molecule has 1 aliphatic heterocycles. The molecule has 2 aromatic rings. The summed E-state index contributed by atoms with van der Waals surface area (Å²) in [7, 11) is 0. The van der Waals surface area contributed by atoms with Crippen LogP contribution in [-0.4, -0.2) is 38.9 Å². The Balaban J connectivity index is 1.70. The van der Waals surface area contributed by atoms with Gasteiger partial charge in [-0.2, -0.15) is 0 Å². The predicted octanol–water partition coefficient (Wildman–Crippen LogP) is 2.45. The van der Waals surface area contributed by atoms with Crippen LogP contribution in [0, 0.1) is 10.1 Å². The van der Waals surface area contributed by atoms with Gasteiger partial charge in [-0.1, -0.05) is 11.8 Å². The smallest absolute Gasteiger partial charge is 0.270 e. The predicted molar refractivity (Wildman–Crippen MR) is 83.0 cm³/mol. The summed E-state index contributed by atoms with van der Waals surface area (Å²) < 4.78 is 1.37. The number of rotatable bonds is 4. The third kappa shape index (κ3) is 2.95. The van der Waals surface area contributed by atoms with E-state index in [1.165, 1.54) is 40.1 Å². The van der Waals surface area contributed by atoms with E-state index >= 15 is 0 Å². The molecule has 1 aromatic heterocycles. The zero-order chi connectivity index (χ0) is 15.7.